The van der Waals surface area contributed by atoms with E-state index in [1.54, 1.807) is 6.26 Å². The summed E-state index contributed by atoms with van der Waals surface area (Å²) in [6.45, 7) is 4.07. The van der Waals surface area contributed by atoms with Crippen molar-refractivity contribution in [2.75, 3.05) is 6.61 Å². The van der Waals surface area contributed by atoms with Crippen LogP contribution in [0.5, 0.6) is 0 Å². The van der Waals surface area contributed by atoms with Crippen molar-refractivity contribution in [2.24, 2.45) is 0 Å². The number of H-pyrrole nitrogens is 1. The summed E-state index contributed by atoms with van der Waals surface area (Å²) in [7, 11) is 0. The number of aliphatic hydroxyl groups is 1. The third kappa shape index (κ3) is 2.43. The van der Waals surface area contributed by atoms with Crippen LogP contribution in [0.2, 0.25) is 0 Å². The van der Waals surface area contributed by atoms with Crippen LogP contribution in [0, 0.1) is 6.92 Å². The molecule has 0 aromatic carbocycles. The van der Waals surface area contributed by atoms with Crippen LogP contribution >= 0.6 is 0 Å². The molecule has 2 aromatic heterocycles. The molecule has 2 atom stereocenters. The van der Waals surface area contributed by atoms with Crippen molar-refractivity contribution in [2.45, 2.75) is 38.9 Å². The fourth-order valence-electron chi connectivity index (χ4n) is 3.07. The number of carbonyl (C=O) groups is 1. The molecule has 2 N–H and O–H groups in total. The summed E-state index contributed by atoms with van der Waals surface area (Å²) in [5, 5.41) is 10.0. The zero-order valence-electron chi connectivity index (χ0n) is 12.2. The predicted molar refractivity (Wildman–Crippen MR) is 76.2 cm³/mol. The zero-order valence-corrected chi connectivity index (χ0v) is 12.2. The van der Waals surface area contributed by atoms with Crippen molar-refractivity contribution in [1.82, 2.24) is 4.98 Å². The van der Waals surface area contributed by atoms with Crippen molar-refractivity contribution >= 4 is 5.78 Å². The van der Waals surface area contributed by atoms with Crippen molar-refractivity contribution in [3.05, 3.63) is 46.7 Å². The van der Waals surface area contributed by atoms with E-state index < -0.39 is 6.29 Å². The number of ketones is 1. The quantitative estimate of drug-likeness (QED) is 0.849. The van der Waals surface area contributed by atoms with Crippen molar-refractivity contribution < 1.29 is 19.1 Å². The highest BCUT2D eigenvalue weighted by Gasteiger charge is 2.32. The first kappa shape index (κ1) is 14.1. The molecule has 1 aliphatic rings. The van der Waals surface area contributed by atoms with Gasteiger partial charge in [0.05, 0.1) is 12.0 Å². The highest BCUT2D eigenvalue weighted by molar-refractivity contribution is 6.00. The van der Waals surface area contributed by atoms with E-state index >= 15 is 0 Å². The minimum atomic E-state index is -1.02. The molecule has 0 fully saturated rings. The fraction of sp³-hybridized carbons (Fsp3) is 0.438. The molecular formula is C16H19NO4. The van der Waals surface area contributed by atoms with Gasteiger partial charge in [-0.2, -0.15) is 0 Å². The van der Waals surface area contributed by atoms with Gasteiger partial charge < -0.3 is 19.2 Å². The molecule has 0 radical (unpaired) electrons. The van der Waals surface area contributed by atoms with Crippen LogP contribution in [0.3, 0.4) is 0 Å². The lowest BCUT2D eigenvalue weighted by molar-refractivity contribution is -0.101. The molecule has 112 valence electrons. The van der Waals surface area contributed by atoms with Gasteiger partial charge in [0.15, 0.2) is 12.1 Å². The van der Waals surface area contributed by atoms with Crippen molar-refractivity contribution in [3.63, 3.8) is 0 Å². The number of ether oxygens (including phenoxy) is 1. The number of fused-ring (bicyclic) bond motifs is 1. The first-order chi connectivity index (χ1) is 10.1. The van der Waals surface area contributed by atoms with Gasteiger partial charge in [-0.3, -0.25) is 4.79 Å². The second kappa shape index (κ2) is 5.50. The Kier molecular flexibility index (Phi) is 3.69. The summed E-state index contributed by atoms with van der Waals surface area (Å²) in [4.78, 5) is 15.6. The summed E-state index contributed by atoms with van der Waals surface area (Å²) >= 11 is 0. The molecule has 0 spiro atoms. The van der Waals surface area contributed by atoms with E-state index in [1.165, 1.54) is 0 Å². The lowest BCUT2D eigenvalue weighted by atomic mass is 9.84. The number of aliphatic hydroxyl groups excluding tert-OH is 1. The maximum absolute atomic E-state index is 12.4. The number of furan rings is 1. The minimum absolute atomic E-state index is 0.0511. The van der Waals surface area contributed by atoms with Gasteiger partial charge in [-0.25, -0.2) is 0 Å². The highest BCUT2D eigenvalue weighted by atomic mass is 16.6. The second-order valence-corrected chi connectivity index (χ2v) is 5.37. The molecule has 5 nitrogen and oxygen atoms in total. The number of Topliss-reactive ketones (excluding diaryl/α,β-unsaturated/α-hetero) is 1. The minimum Gasteiger partial charge on any atom is -0.469 e. The van der Waals surface area contributed by atoms with Gasteiger partial charge in [-0.1, -0.05) is 0 Å². The Bertz CT molecular complexity index is 642. The Balaban J connectivity index is 1.94. The van der Waals surface area contributed by atoms with Crippen LogP contribution in [0.15, 0.2) is 22.8 Å². The molecule has 3 rings (SSSR count). The van der Waals surface area contributed by atoms with Crippen molar-refractivity contribution in [3.8, 4) is 0 Å². The Morgan fingerprint density at radius 2 is 2.33 bits per heavy atom. The molecule has 0 aliphatic heterocycles. The van der Waals surface area contributed by atoms with Gasteiger partial charge in [0.25, 0.3) is 0 Å². The Hall–Kier alpha value is -1.85. The predicted octanol–water partition coefficient (Wildman–Crippen LogP) is 2.86. The normalized spacial score (nSPS) is 19.6. The van der Waals surface area contributed by atoms with E-state index in [9.17, 15) is 9.90 Å². The average molecular weight is 289 g/mol. The van der Waals surface area contributed by atoms with E-state index in [0.717, 1.165) is 17.0 Å². The monoisotopic (exact) mass is 289 g/mol. The molecule has 0 bridgehead atoms. The Morgan fingerprint density at radius 3 is 3.00 bits per heavy atom. The molecule has 0 saturated carbocycles. The maximum atomic E-state index is 12.4. The van der Waals surface area contributed by atoms with Crippen LogP contribution in [-0.4, -0.2) is 22.5 Å². The van der Waals surface area contributed by atoms with Gasteiger partial charge >= 0.3 is 0 Å². The Labute approximate surface area is 122 Å². The summed E-state index contributed by atoms with van der Waals surface area (Å²) in [6.07, 6.45) is 1.74. The van der Waals surface area contributed by atoms with E-state index in [1.807, 2.05) is 26.0 Å². The van der Waals surface area contributed by atoms with Gasteiger partial charge in [0.2, 0.25) is 0 Å². The third-order valence-electron chi connectivity index (χ3n) is 4.04. The van der Waals surface area contributed by atoms with Gasteiger partial charge in [-0.05, 0) is 38.0 Å². The SMILES string of the molecule is CCOC(O)c1[nH]c2c(c1C)C(=O)CC(c1ccco1)C2. The zero-order chi connectivity index (χ0) is 15.0. The first-order valence-electron chi connectivity index (χ1n) is 7.19. The number of nitrogens with one attached hydrogen (secondary N) is 1. The summed E-state index contributed by atoms with van der Waals surface area (Å²) in [6, 6.07) is 3.73. The van der Waals surface area contributed by atoms with Crippen LogP contribution in [-0.2, 0) is 11.2 Å². The third-order valence-corrected chi connectivity index (χ3v) is 4.04. The second-order valence-electron chi connectivity index (χ2n) is 5.37. The van der Waals surface area contributed by atoms with Gasteiger partial charge in [0, 0.05) is 30.2 Å². The Morgan fingerprint density at radius 1 is 1.52 bits per heavy atom. The van der Waals surface area contributed by atoms with Crippen LogP contribution in [0.1, 0.15) is 58.6 Å². The maximum Gasteiger partial charge on any atom is 0.196 e. The van der Waals surface area contributed by atoms with E-state index in [4.69, 9.17) is 9.15 Å². The molecule has 2 heterocycles. The smallest absolute Gasteiger partial charge is 0.196 e. The number of aromatic nitrogens is 1. The molecule has 0 amide bonds. The molecule has 2 aromatic rings. The van der Waals surface area contributed by atoms with E-state index in [0.29, 0.717) is 30.7 Å². The number of hydrogen-bond acceptors (Lipinski definition) is 4. The number of aromatic amines is 1. The summed E-state index contributed by atoms with van der Waals surface area (Å²) in [5.41, 5.74) is 2.93. The lowest BCUT2D eigenvalue weighted by Crippen LogP contribution is -2.18. The standard InChI is InChI=1S/C16H19NO4/c1-3-20-16(19)15-9(2)14-11(17-15)7-10(8-12(14)18)13-5-4-6-21-13/h4-6,10,16-17,19H,3,7-8H2,1-2H3. The largest absolute Gasteiger partial charge is 0.469 e. The summed E-state index contributed by atoms with van der Waals surface area (Å²) < 4.78 is 10.6. The molecular weight excluding hydrogens is 270 g/mol. The molecule has 2 unspecified atom stereocenters. The topological polar surface area (TPSA) is 75.5 Å². The fourth-order valence-corrected chi connectivity index (χ4v) is 3.07. The van der Waals surface area contributed by atoms with Crippen LogP contribution < -0.4 is 0 Å². The molecule has 1 aliphatic carbocycles. The number of hydrogen-bond donors (Lipinski definition) is 2. The van der Waals surface area contributed by atoms with E-state index in [2.05, 4.69) is 4.98 Å². The number of carbonyl (C=O) groups excluding carboxylic acids is 1. The highest BCUT2D eigenvalue weighted by Crippen LogP contribution is 2.36. The number of rotatable bonds is 4. The lowest BCUT2D eigenvalue weighted by Gasteiger charge is -2.19. The van der Waals surface area contributed by atoms with Crippen molar-refractivity contribution in [1.29, 1.82) is 0 Å². The summed E-state index contributed by atoms with van der Waals surface area (Å²) in [5.74, 6) is 0.963. The molecule has 21 heavy (non-hydrogen) atoms. The van der Waals surface area contributed by atoms with E-state index in [-0.39, 0.29) is 11.7 Å². The first-order valence-corrected chi connectivity index (χ1v) is 7.19. The average Bonchev–Trinajstić information content (AvgIpc) is 3.07. The van der Waals surface area contributed by atoms with Gasteiger partial charge in [0.1, 0.15) is 5.76 Å². The molecule has 0 saturated heterocycles. The van der Waals surface area contributed by atoms with Gasteiger partial charge in [-0.15, -0.1) is 0 Å². The molecule has 5 heteroatoms. The van der Waals surface area contributed by atoms with Crippen LogP contribution in [0.4, 0.5) is 0 Å². The van der Waals surface area contributed by atoms with Crippen LogP contribution in [0.25, 0.3) is 0 Å².